The van der Waals surface area contributed by atoms with Crippen LogP contribution in [-0.4, -0.2) is 124 Å². The summed E-state index contributed by atoms with van der Waals surface area (Å²) in [6.45, 7) is 1.62. The monoisotopic (exact) mass is 994 g/mol. The largest absolute Gasteiger partial charge is 0.445 e. The zero-order valence-electron chi connectivity index (χ0n) is 39.3. The molecular formula is C48H55FN12O11. The maximum absolute atomic E-state index is 15.5. The number of halogens is 1. The van der Waals surface area contributed by atoms with E-state index in [4.69, 9.17) is 15.2 Å². The van der Waals surface area contributed by atoms with Crippen molar-refractivity contribution in [2.75, 3.05) is 42.9 Å². The van der Waals surface area contributed by atoms with Crippen LogP contribution < -0.4 is 37.2 Å². The van der Waals surface area contributed by atoms with Crippen molar-refractivity contribution in [3.63, 3.8) is 0 Å². The summed E-state index contributed by atoms with van der Waals surface area (Å²) in [5.41, 5.74) is 8.40. The molecule has 24 heteroatoms. The average molecular weight is 995 g/mol. The Balaban J connectivity index is 0.983. The third-order valence-electron chi connectivity index (χ3n) is 11.3. The van der Waals surface area contributed by atoms with Crippen molar-refractivity contribution in [1.82, 2.24) is 46.5 Å². The van der Waals surface area contributed by atoms with Crippen LogP contribution in [0.5, 0.6) is 0 Å². The van der Waals surface area contributed by atoms with Crippen molar-refractivity contribution >= 4 is 65.0 Å². The lowest BCUT2D eigenvalue weighted by Gasteiger charge is -2.22. The van der Waals surface area contributed by atoms with Crippen LogP contribution in [0.1, 0.15) is 62.3 Å². The molecule has 1 saturated heterocycles. The normalized spacial score (nSPS) is 14.4. The second-order valence-electron chi connectivity index (χ2n) is 16.8. The summed E-state index contributed by atoms with van der Waals surface area (Å²) in [5.74, 6) is -3.16. The van der Waals surface area contributed by atoms with E-state index in [1.54, 1.807) is 60.7 Å². The second kappa shape index (κ2) is 25.8. The van der Waals surface area contributed by atoms with Crippen molar-refractivity contribution < 1.29 is 57.0 Å². The van der Waals surface area contributed by atoms with E-state index in [2.05, 4.69) is 42.0 Å². The Morgan fingerprint density at radius 1 is 0.889 bits per heavy atom. The molecule has 0 bridgehead atoms. The van der Waals surface area contributed by atoms with Crippen LogP contribution >= 0.6 is 0 Å². The van der Waals surface area contributed by atoms with E-state index in [0.717, 1.165) is 4.90 Å². The van der Waals surface area contributed by atoms with Crippen LogP contribution in [0.4, 0.5) is 30.1 Å². The van der Waals surface area contributed by atoms with Crippen molar-refractivity contribution in [3.05, 3.63) is 108 Å². The van der Waals surface area contributed by atoms with E-state index in [0.29, 0.717) is 53.0 Å². The first-order valence-electron chi connectivity index (χ1n) is 23.0. The van der Waals surface area contributed by atoms with Gasteiger partial charge in [0.1, 0.15) is 30.3 Å². The number of anilines is 2. The highest BCUT2D eigenvalue weighted by molar-refractivity contribution is 6.12. The van der Waals surface area contributed by atoms with Crippen LogP contribution in [0, 0.1) is 5.82 Å². The van der Waals surface area contributed by atoms with Gasteiger partial charge in [0.05, 0.1) is 31.9 Å². The number of urea groups is 1. The number of amides is 10. The van der Waals surface area contributed by atoms with Crippen LogP contribution in [-0.2, 0) is 57.9 Å². The van der Waals surface area contributed by atoms with Gasteiger partial charge in [-0.15, -0.1) is 5.10 Å². The summed E-state index contributed by atoms with van der Waals surface area (Å²) < 4.78 is 26.5. The first kappa shape index (κ1) is 52.7. The summed E-state index contributed by atoms with van der Waals surface area (Å²) in [4.78, 5) is 114. The number of hydrogen-bond donors (Lipinski definition) is 7. The molecule has 2 aliphatic rings. The van der Waals surface area contributed by atoms with Crippen LogP contribution in [0.15, 0.2) is 85.1 Å². The fourth-order valence-electron chi connectivity index (χ4n) is 7.53. The number of aromatic nitrogens is 3. The molecule has 4 aromatic rings. The van der Waals surface area contributed by atoms with E-state index in [-0.39, 0.29) is 88.4 Å². The Kier molecular flexibility index (Phi) is 18.9. The number of hydrogen-bond acceptors (Lipinski definition) is 13. The fourth-order valence-corrected chi connectivity index (χ4v) is 7.53. The van der Waals surface area contributed by atoms with Gasteiger partial charge < -0.3 is 41.8 Å². The third kappa shape index (κ3) is 15.9. The standard InChI is InChI=1S/C48H55FN12O11/c1-30(62)52-24-37-28-61(48(70)72-37)36-16-17-38(39(49)22-36)33-12-8-31(9-13-33)26-59(27-35-23-54-58-57-35)47(69)71-29-32-10-14-34(15-11-32)55-45(67)40(6-5-20-51-46(50)68)56-42(64)25-53-41(63)7-3-2-4-21-60-43(65)18-19-44(60)66/h8-19,22-23,37,40H,2-7,20-21,24-29H2,1H3,(H,52,62)(H,53,63)(H,55,67)(H,56,64)(H3,50,51,68)(H,54,57,58)/t37-,40-/m0/s1. The van der Waals surface area contributed by atoms with Gasteiger partial charge in [0, 0.05) is 62.6 Å². The van der Waals surface area contributed by atoms with Gasteiger partial charge in [-0.05, 0) is 72.7 Å². The molecule has 0 saturated carbocycles. The lowest BCUT2D eigenvalue weighted by Crippen LogP contribution is -2.47. The zero-order valence-corrected chi connectivity index (χ0v) is 39.3. The smallest absolute Gasteiger partial charge is 0.414 e. The summed E-state index contributed by atoms with van der Waals surface area (Å²) >= 11 is 0. The van der Waals surface area contributed by atoms with Gasteiger partial charge in [0.15, 0.2) is 0 Å². The summed E-state index contributed by atoms with van der Waals surface area (Å²) in [6, 6.07) is 15.9. The molecule has 8 N–H and O–H groups in total. The zero-order chi connectivity index (χ0) is 51.6. The number of benzene rings is 3. The molecular weight excluding hydrogens is 940 g/mol. The lowest BCUT2D eigenvalue weighted by atomic mass is 10.0. The molecule has 10 amide bonds. The molecule has 6 rings (SSSR count). The van der Waals surface area contributed by atoms with E-state index < -0.39 is 60.4 Å². The van der Waals surface area contributed by atoms with Gasteiger partial charge in [-0.25, -0.2) is 18.8 Å². The summed E-state index contributed by atoms with van der Waals surface area (Å²) in [5, 5.41) is 23.3. The first-order chi connectivity index (χ1) is 34.6. The number of aromatic amines is 1. The Bertz CT molecular complexity index is 2610. The molecule has 0 spiro atoms. The minimum Gasteiger partial charge on any atom is -0.445 e. The van der Waals surface area contributed by atoms with Gasteiger partial charge in [-0.2, -0.15) is 0 Å². The van der Waals surface area contributed by atoms with Gasteiger partial charge in [-0.3, -0.25) is 48.6 Å². The number of rotatable bonds is 25. The average Bonchev–Trinajstić information content (AvgIpc) is 4.10. The molecule has 0 radical (unpaired) electrons. The Morgan fingerprint density at radius 3 is 2.31 bits per heavy atom. The molecule has 1 fully saturated rings. The molecule has 1 aromatic heterocycles. The third-order valence-corrected chi connectivity index (χ3v) is 11.3. The minimum absolute atomic E-state index is 0.0402. The molecule has 0 aliphatic carbocycles. The van der Waals surface area contributed by atoms with Crippen molar-refractivity contribution in [2.45, 2.75) is 77.3 Å². The van der Waals surface area contributed by atoms with Crippen LogP contribution in [0.25, 0.3) is 11.1 Å². The number of nitrogens with two attached hydrogens (primary N) is 1. The highest BCUT2D eigenvalue weighted by Crippen LogP contribution is 2.30. The first-order valence-corrected chi connectivity index (χ1v) is 23.0. The number of primary amides is 1. The van der Waals surface area contributed by atoms with Gasteiger partial charge >= 0.3 is 18.2 Å². The SMILES string of the molecule is CC(=O)NC[C@H]1CN(c2ccc(-c3ccc(CN(Cc4c[nH]nn4)C(=O)OCc4ccc(NC(=O)[C@H](CCCNC(N)=O)NC(=O)CNC(=O)CCCCCN5C(=O)C=CC5=O)cc4)cc3)c(F)c2)C(=O)O1. The van der Waals surface area contributed by atoms with E-state index in [1.807, 2.05) is 0 Å². The van der Waals surface area contributed by atoms with Gasteiger partial charge in [-0.1, -0.05) is 48.0 Å². The van der Waals surface area contributed by atoms with Crippen LogP contribution in [0.3, 0.4) is 0 Å². The Hall–Kier alpha value is -8.70. The fraction of sp³-hybridized carbons (Fsp3) is 0.354. The molecule has 380 valence electrons. The molecule has 2 aliphatic heterocycles. The molecule has 3 aromatic carbocycles. The van der Waals surface area contributed by atoms with Crippen molar-refractivity contribution in [2.24, 2.45) is 5.73 Å². The molecule has 0 unspecified atom stereocenters. The highest BCUT2D eigenvalue weighted by Gasteiger charge is 2.33. The number of unbranched alkanes of at least 4 members (excludes halogenated alkanes) is 2. The number of carbonyl (C=O) groups excluding carboxylic acids is 9. The van der Waals surface area contributed by atoms with Crippen molar-refractivity contribution in [3.8, 4) is 11.1 Å². The highest BCUT2D eigenvalue weighted by atomic mass is 19.1. The van der Waals surface area contributed by atoms with E-state index >= 15 is 4.39 Å². The molecule has 72 heavy (non-hydrogen) atoms. The minimum atomic E-state index is -1.06. The predicted molar refractivity (Wildman–Crippen MR) is 255 cm³/mol. The lowest BCUT2D eigenvalue weighted by molar-refractivity contribution is -0.137. The summed E-state index contributed by atoms with van der Waals surface area (Å²) in [6.07, 6.45) is 4.13. The topological polar surface area (TPSA) is 310 Å². The van der Waals surface area contributed by atoms with Gasteiger partial charge in [0.25, 0.3) is 11.8 Å². The number of imide groups is 1. The Labute approximate surface area is 412 Å². The Morgan fingerprint density at radius 2 is 1.62 bits per heavy atom. The number of H-pyrrole nitrogens is 1. The number of ether oxygens (including phenoxy) is 2. The number of cyclic esters (lactones) is 1. The predicted octanol–water partition coefficient (Wildman–Crippen LogP) is 2.88. The maximum Gasteiger partial charge on any atom is 0.414 e. The molecule has 3 heterocycles. The second-order valence-corrected chi connectivity index (χ2v) is 16.8. The van der Waals surface area contributed by atoms with Crippen molar-refractivity contribution in [1.29, 1.82) is 0 Å². The quantitative estimate of drug-likeness (QED) is 0.0372. The number of nitrogens with zero attached hydrogens (tertiary/aromatic N) is 5. The number of carbonyl (C=O) groups is 9. The maximum atomic E-state index is 15.5. The number of nitrogens with one attached hydrogen (secondary N) is 6. The molecule has 23 nitrogen and oxygen atoms in total. The van der Waals surface area contributed by atoms with Gasteiger partial charge in [0.2, 0.25) is 23.6 Å². The van der Waals surface area contributed by atoms with E-state index in [9.17, 15) is 43.2 Å². The van der Waals surface area contributed by atoms with Crippen LogP contribution in [0.2, 0.25) is 0 Å². The molecule has 2 atom stereocenters. The summed E-state index contributed by atoms with van der Waals surface area (Å²) in [7, 11) is 0. The van der Waals surface area contributed by atoms with E-state index in [1.165, 1.54) is 41.1 Å².